The first kappa shape index (κ1) is 14.4. The molecule has 20 heavy (non-hydrogen) atoms. The van der Waals surface area contributed by atoms with Crippen molar-refractivity contribution >= 4 is 17.2 Å². The molecule has 0 unspecified atom stereocenters. The smallest absolute Gasteiger partial charge is 0.129 e. The Kier molecular flexibility index (Phi) is 4.29. The molecule has 0 spiro atoms. The molecule has 0 radical (unpaired) electrons. The molecule has 0 fully saturated rings. The standard InChI is InChI=1S/C15H13F2NOS/c1-9-4-10(15(18)20)2-3-11(9)8-19-14-6-12(16)5-13(17)7-14/h2-7H,8H2,1H3,(H2,18,20). The zero-order valence-corrected chi connectivity index (χ0v) is 11.6. The third kappa shape index (κ3) is 3.51. The van der Waals surface area contributed by atoms with Crippen LogP contribution in [0.3, 0.4) is 0 Å². The number of rotatable bonds is 4. The maximum Gasteiger partial charge on any atom is 0.129 e. The Morgan fingerprint density at radius 2 is 1.80 bits per heavy atom. The third-order valence-corrected chi connectivity index (χ3v) is 3.09. The summed E-state index contributed by atoms with van der Waals surface area (Å²) in [6.45, 7) is 2.11. The van der Waals surface area contributed by atoms with Crippen LogP contribution in [0.5, 0.6) is 5.75 Å². The van der Waals surface area contributed by atoms with Crippen molar-refractivity contribution in [2.45, 2.75) is 13.5 Å². The van der Waals surface area contributed by atoms with Crippen molar-refractivity contribution in [2.75, 3.05) is 0 Å². The summed E-state index contributed by atoms with van der Waals surface area (Å²) in [5.41, 5.74) is 8.17. The minimum absolute atomic E-state index is 0.153. The highest BCUT2D eigenvalue weighted by Crippen LogP contribution is 2.18. The fraction of sp³-hybridized carbons (Fsp3) is 0.133. The predicted molar refractivity (Wildman–Crippen MR) is 77.8 cm³/mol. The van der Waals surface area contributed by atoms with Gasteiger partial charge in [0.05, 0.1) is 0 Å². The van der Waals surface area contributed by atoms with Crippen LogP contribution in [0.4, 0.5) is 8.78 Å². The Balaban J connectivity index is 2.12. The minimum atomic E-state index is -0.666. The summed E-state index contributed by atoms with van der Waals surface area (Å²) < 4.78 is 31.4. The number of hydrogen-bond donors (Lipinski definition) is 1. The van der Waals surface area contributed by atoms with Crippen molar-refractivity contribution in [1.82, 2.24) is 0 Å². The van der Waals surface area contributed by atoms with E-state index < -0.39 is 11.6 Å². The largest absolute Gasteiger partial charge is 0.489 e. The Morgan fingerprint density at radius 1 is 1.15 bits per heavy atom. The Hall–Kier alpha value is -2.01. The van der Waals surface area contributed by atoms with E-state index in [0.29, 0.717) is 4.99 Å². The van der Waals surface area contributed by atoms with Crippen LogP contribution in [0.15, 0.2) is 36.4 Å². The van der Waals surface area contributed by atoms with E-state index in [1.807, 2.05) is 19.1 Å². The average Bonchev–Trinajstić information content (AvgIpc) is 2.36. The molecule has 2 aromatic carbocycles. The fourth-order valence-electron chi connectivity index (χ4n) is 1.78. The van der Waals surface area contributed by atoms with E-state index >= 15 is 0 Å². The molecule has 0 aliphatic rings. The molecule has 104 valence electrons. The van der Waals surface area contributed by atoms with Crippen LogP contribution in [0.2, 0.25) is 0 Å². The molecule has 2 N–H and O–H groups in total. The summed E-state index contributed by atoms with van der Waals surface area (Å²) >= 11 is 4.90. The fourth-order valence-corrected chi connectivity index (χ4v) is 1.91. The van der Waals surface area contributed by atoms with Crippen LogP contribution in [0, 0.1) is 18.6 Å². The quantitative estimate of drug-likeness (QED) is 0.877. The average molecular weight is 293 g/mol. The lowest BCUT2D eigenvalue weighted by molar-refractivity contribution is 0.302. The van der Waals surface area contributed by atoms with Gasteiger partial charge in [0, 0.05) is 23.8 Å². The molecular formula is C15H13F2NOS. The van der Waals surface area contributed by atoms with Gasteiger partial charge in [0.15, 0.2) is 0 Å². The molecule has 0 aliphatic carbocycles. The lowest BCUT2D eigenvalue weighted by atomic mass is 10.1. The van der Waals surface area contributed by atoms with Crippen molar-refractivity contribution in [2.24, 2.45) is 5.73 Å². The van der Waals surface area contributed by atoms with Gasteiger partial charge in [0.1, 0.15) is 29.0 Å². The summed E-state index contributed by atoms with van der Waals surface area (Å²) in [6, 6.07) is 8.56. The van der Waals surface area contributed by atoms with Gasteiger partial charge in [-0.3, -0.25) is 0 Å². The van der Waals surface area contributed by atoms with E-state index in [-0.39, 0.29) is 12.4 Å². The van der Waals surface area contributed by atoms with E-state index in [0.717, 1.165) is 34.9 Å². The molecule has 2 rings (SSSR count). The molecule has 0 atom stereocenters. The summed E-state index contributed by atoms with van der Waals surface area (Å²) in [6.07, 6.45) is 0. The highest BCUT2D eigenvalue weighted by atomic mass is 32.1. The van der Waals surface area contributed by atoms with Gasteiger partial charge >= 0.3 is 0 Å². The Bertz CT molecular complexity index is 638. The first-order chi connectivity index (χ1) is 9.45. The molecule has 0 saturated carbocycles. The number of hydrogen-bond acceptors (Lipinski definition) is 2. The second-order valence-corrected chi connectivity index (χ2v) is 4.84. The lowest BCUT2D eigenvalue weighted by Crippen LogP contribution is -2.10. The summed E-state index contributed by atoms with van der Waals surface area (Å²) in [5.74, 6) is -1.18. The van der Waals surface area contributed by atoms with Crippen molar-refractivity contribution in [3.05, 3.63) is 64.7 Å². The van der Waals surface area contributed by atoms with Crippen LogP contribution in [-0.4, -0.2) is 4.99 Å². The molecule has 0 heterocycles. The number of halogens is 2. The SMILES string of the molecule is Cc1cc(C(N)=S)ccc1COc1cc(F)cc(F)c1. The minimum Gasteiger partial charge on any atom is -0.489 e. The van der Waals surface area contributed by atoms with Crippen molar-refractivity contribution in [3.63, 3.8) is 0 Å². The van der Waals surface area contributed by atoms with Crippen LogP contribution in [-0.2, 0) is 6.61 Å². The Labute approximate surface area is 121 Å². The highest BCUT2D eigenvalue weighted by molar-refractivity contribution is 7.80. The number of nitrogens with two attached hydrogens (primary N) is 1. The first-order valence-corrected chi connectivity index (χ1v) is 6.35. The van der Waals surface area contributed by atoms with Crippen LogP contribution in [0.1, 0.15) is 16.7 Å². The monoisotopic (exact) mass is 293 g/mol. The van der Waals surface area contributed by atoms with Gasteiger partial charge in [0.2, 0.25) is 0 Å². The molecule has 2 aromatic rings. The lowest BCUT2D eigenvalue weighted by Gasteiger charge is -2.10. The number of ether oxygens (including phenoxy) is 1. The molecule has 2 nitrogen and oxygen atoms in total. The molecule has 0 aromatic heterocycles. The molecule has 0 saturated heterocycles. The molecule has 5 heteroatoms. The zero-order chi connectivity index (χ0) is 14.7. The normalized spacial score (nSPS) is 10.3. The number of thiocarbonyl (C=S) groups is 1. The molecular weight excluding hydrogens is 280 g/mol. The topological polar surface area (TPSA) is 35.2 Å². The van der Waals surface area contributed by atoms with Crippen LogP contribution >= 0.6 is 12.2 Å². The maximum atomic E-state index is 13.0. The highest BCUT2D eigenvalue weighted by Gasteiger charge is 2.05. The van der Waals surface area contributed by atoms with E-state index in [2.05, 4.69) is 0 Å². The second-order valence-electron chi connectivity index (χ2n) is 4.40. The van der Waals surface area contributed by atoms with Gasteiger partial charge in [-0.05, 0) is 24.1 Å². The third-order valence-electron chi connectivity index (χ3n) is 2.86. The van der Waals surface area contributed by atoms with E-state index in [9.17, 15) is 8.78 Å². The zero-order valence-electron chi connectivity index (χ0n) is 10.8. The number of benzene rings is 2. The van der Waals surface area contributed by atoms with Crippen LogP contribution < -0.4 is 10.5 Å². The molecule has 0 amide bonds. The Morgan fingerprint density at radius 3 is 2.35 bits per heavy atom. The van der Waals surface area contributed by atoms with Crippen LogP contribution in [0.25, 0.3) is 0 Å². The number of aryl methyl sites for hydroxylation is 1. The van der Waals surface area contributed by atoms with Crippen molar-refractivity contribution < 1.29 is 13.5 Å². The summed E-state index contributed by atoms with van der Waals surface area (Å²) in [5, 5.41) is 0. The maximum absolute atomic E-state index is 13.0. The van der Waals surface area contributed by atoms with Gasteiger partial charge < -0.3 is 10.5 Å². The van der Waals surface area contributed by atoms with E-state index in [1.54, 1.807) is 6.07 Å². The first-order valence-electron chi connectivity index (χ1n) is 5.94. The van der Waals surface area contributed by atoms with Gasteiger partial charge in [-0.1, -0.05) is 24.4 Å². The van der Waals surface area contributed by atoms with Crippen molar-refractivity contribution in [3.8, 4) is 5.75 Å². The van der Waals surface area contributed by atoms with Gasteiger partial charge in [-0.15, -0.1) is 0 Å². The van der Waals surface area contributed by atoms with E-state index in [1.165, 1.54) is 0 Å². The van der Waals surface area contributed by atoms with Gasteiger partial charge in [0.25, 0.3) is 0 Å². The van der Waals surface area contributed by atoms with Gasteiger partial charge in [-0.2, -0.15) is 0 Å². The summed E-state index contributed by atoms with van der Waals surface area (Å²) in [7, 11) is 0. The predicted octanol–water partition coefficient (Wildman–Crippen LogP) is 3.49. The molecule has 0 aliphatic heterocycles. The molecule has 0 bridgehead atoms. The van der Waals surface area contributed by atoms with E-state index in [4.69, 9.17) is 22.7 Å². The van der Waals surface area contributed by atoms with Gasteiger partial charge in [-0.25, -0.2) is 8.78 Å². The summed E-state index contributed by atoms with van der Waals surface area (Å²) in [4.78, 5) is 0.327. The van der Waals surface area contributed by atoms with Crippen molar-refractivity contribution in [1.29, 1.82) is 0 Å². The second kappa shape index (κ2) is 5.96.